The van der Waals surface area contributed by atoms with E-state index < -0.39 is 0 Å². The second-order valence-electron chi connectivity index (χ2n) is 5.03. The van der Waals surface area contributed by atoms with Crippen molar-refractivity contribution in [1.29, 1.82) is 0 Å². The number of fused-ring (bicyclic) bond motifs is 1. The monoisotopic (exact) mass is 245 g/mol. The van der Waals surface area contributed by atoms with Crippen LogP contribution in [0.15, 0.2) is 24.5 Å². The Hall–Kier alpha value is -1.55. The zero-order chi connectivity index (χ0) is 12.5. The molecule has 0 aliphatic carbocycles. The standard InChI is InChI=1S/C14H19N3O/c1-2-16-7-3-4-11(9-16)14-15-8-12-5-6-13(18)10-17(12)14/h5-6,8,10-11,18H,2-4,7,9H2,1H3. The van der Waals surface area contributed by atoms with Crippen LogP contribution in [0.4, 0.5) is 0 Å². The van der Waals surface area contributed by atoms with E-state index in [2.05, 4.69) is 16.8 Å². The van der Waals surface area contributed by atoms with Crippen LogP contribution in [-0.2, 0) is 0 Å². The van der Waals surface area contributed by atoms with Gasteiger partial charge in [0.15, 0.2) is 0 Å². The fourth-order valence-electron chi connectivity index (χ4n) is 2.85. The van der Waals surface area contributed by atoms with Crippen LogP contribution < -0.4 is 0 Å². The third kappa shape index (κ3) is 1.97. The largest absolute Gasteiger partial charge is 0.506 e. The Labute approximate surface area is 107 Å². The molecule has 4 nitrogen and oxygen atoms in total. The number of piperidine rings is 1. The average molecular weight is 245 g/mol. The number of pyridine rings is 1. The zero-order valence-corrected chi connectivity index (χ0v) is 10.7. The van der Waals surface area contributed by atoms with Gasteiger partial charge in [0.2, 0.25) is 0 Å². The van der Waals surface area contributed by atoms with E-state index in [0.717, 1.165) is 24.4 Å². The van der Waals surface area contributed by atoms with Crippen LogP contribution in [-0.4, -0.2) is 39.0 Å². The van der Waals surface area contributed by atoms with Gasteiger partial charge in [-0.25, -0.2) is 4.98 Å². The number of aromatic hydroxyl groups is 1. The molecule has 1 atom stereocenters. The van der Waals surface area contributed by atoms with Crippen LogP contribution in [0.1, 0.15) is 31.5 Å². The number of imidazole rings is 1. The van der Waals surface area contributed by atoms with Gasteiger partial charge in [-0.15, -0.1) is 0 Å². The van der Waals surface area contributed by atoms with Crippen molar-refractivity contribution in [1.82, 2.24) is 14.3 Å². The van der Waals surface area contributed by atoms with Crippen molar-refractivity contribution in [2.24, 2.45) is 0 Å². The number of hydrogen-bond donors (Lipinski definition) is 1. The summed E-state index contributed by atoms with van der Waals surface area (Å²) in [4.78, 5) is 7.02. The van der Waals surface area contributed by atoms with Gasteiger partial charge in [-0.05, 0) is 38.1 Å². The van der Waals surface area contributed by atoms with Crippen molar-refractivity contribution in [3.05, 3.63) is 30.4 Å². The zero-order valence-electron chi connectivity index (χ0n) is 10.7. The van der Waals surface area contributed by atoms with Crippen molar-refractivity contribution in [3.63, 3.8) is 0 Å². The minimum atomic E-state index is 0.296. The first-order valence-corrected chi connectivity index (χ1v) is 6.66. The Balaban J connectivity index is 1.96. The highest BCUT2D eigenvalue weighted by atomic mass is 16.3. The molecule has 3 heterocycles. The Morgan fingerprint density at radius 3 is 3.17 bits per heavy atom. The maximum absolute atomic E-state index is 9.61. The van der Waals surface area contributed by atoms with E-state index in [1.807, 2.05) is 16.7 Å². The Morgan fingerprint density at radius 1 is 1.44 bits per heavy atom. The van der Waals surface area contributed by atoms with Crippen LogP contribution in [0.25, 0.3) is 5.52 Å². The molecule has 0 aromatic carbocycles. The second-order valence-corrected chi connectivity index (χ2v) is 5.03. The van der Waals surface area contributed by atoms with Gasteiger partial charge in [-0.1, -0.05) is 6.92 Å². The molecule has 0 bridgehead atoms. The summed E-state index contributed by atoms with van der Waals surface area (Å²) >= 11 is 0. The minimum absolute atomic E-state index is 0.296. The summed E-state index contributed by atoms with van der Waals surface area (Å²) in [5.41, 5.74) is 1.05. The highest BCUT2D eigenvalue weighted by Gasteiger charge is 2.23. The molecule has 2 aromatic heterocycles. The summed E-state index contributed by atoms with van der Waals surface area (Å²) in [7, 11) is 0. The first kappa shape index (κ1) is 11.5. The predicted octanol–water partition coefficient (Wildman–Crippen LogP) is 2.24. The van der Waals surface area contributed by atoms with Gasteiger partial charge >= 0.3 is 0 Å². The molecule has 18 heavy (non-hydrogen) atoms. The maximum Gasteiger partial charge on any atom is 0.132 e. The topological polar surface area (TPSA) is 40.8 Å². The molecular formula is C14H19N3O. The molecule has 1 aliphatic heterocycles. The lowest BCUT2D eigenvalue weighted by atomic mass is 9.97. The number of likely N-dealkylation sites (N-methyl/N-ethyl adjacent to an activating group) is 1. The SMILES string of the molecule is CCN1CCCC(c2ncc3ccc(O)cn23)C1. The summed E-state index contributed by atoms with van der Waals surface area (Å²) in [5.74, 6) is 1.85. The predicted molar refractivity (Wildman–Crippen MR) is 70.9 cm³/mol. The molecule has 0 saturated carbocycles. The van der Waals surface area contributed by atoms with Crippen molar-refractivity contribution < 1.29 is 5.11 Å². The molecule has 4 heteroatoms. The fraction of sp³-hybridized carbons (Fsp3) is 0.500. The van der Waals surface area contributed by atoms with Crippen LogP contribution in [0.2, 0.25) is 0 Å². The molecule has 1 fully saturated rings. The van der Waals surface area contributed by atoms with E-state index in [-0.39, 0.29) is 0 Å². The van der Waals surface area contributed by atoms with Crippen molar-refractivity contribution in [2.45, 2.75) is 25.7 Å². The number of nitrogens with zero attached hydrogens (tertiary/aromatic N) is 3. The Morgan fingerprint density at radius 2 is 2.33 bits per heavy atom. The molecule has 0 radical (unpaired) electrons. The highest BCUT2D eigenvalue weighted by Crippen LogP contribution is 2.27. The molecule has 1 unspecified atom stereocenters. The summed E-state index contributed by atoms with van der Waals surface area (Å²) in [6.45, 7) is 5.58. The third-order valence-corrected chi connectivity index (χ3v) is 3.86. The first-order valence-electron chi connectivity index (χ1n) is 6.66. The van der Waals surface area contributed by atoms with Crippen LogP contribution in [0, 0.1) is 0 Å². The van der Waals surface area contributed by atoms with Gasteiger partial charge < -0.3 is 10.0 Å². The summed E-state index contributed by atoms with van der Waals surface area (Å²) in [6, 6.07) is 3.62. The molecule has 1 N–H and O–H groups in total. The second kappa shape index (κ2) is 4.61. The number of rotatable bonds is 2. The number of hydrogen-bond acceptors (Lipinski definition) is 3. The molecule has 1 saturated heterocycles. The van der Waals surface area contributed by atoms with Crippen molar-refractivity contribution in [2.75, 3.05) is 19.6 Å². The highest BCUT2D eigenvalue weighted by molar-refractivity contribution is 5.48. The van der Waals surface area contributed by atoms with Crippen molar-refractivity contribution in [3.8, 4) is 5.75 Å². The smallest absolute Gasteiger partial charge is 0.132 e. The lowest BCUT2D eigenvalue weighted by molar-refractivity contribution is 0.213. The number of aromatic nitrogens is 2. The summed E-state index contributed by atoms with van der Waals surface area (Å²) in [5, 5.41) is 9.61. The normalized spacial score (nSPS) is 21.5. The lowest BCUT2D eigenvalue weighted by Crippen LogP contribution is -2.34. The summed E-state index contributed by atoms with van der Waals surface area (Å²) in [6.07, 6.45) is 6.07. The molecular weight excluding hydrogens is 226 g/mol. The molecule has 96 valence electrons. The van der Waals surface area contributed by atoms with Gasteiger partial charge in [-0.2, -0.15) is 0 Å². The third-order valence-electron chi connectivity index (χ3n) is 3.86. The van der Waals surface area contributed by atoms with Gasteiger partial charge in [0.25, 0.3) is 0 Å². The molecule has 3 rings (SSSR count). The minimum Gasteiger partial charge on any atom is -0.506 e. The lowest BCUT2D eigenvalue weighted by Gasteiger charge is -2.31. The van der Waals surface area contributed by atoms with E-state index in [1.54, 1.807) is 12.3 Å². The number of likely N-dealkylation sites (tertiary alicyclic amines) is 1. The Bertz CT molecular complexity index is 549. The van der Waals surface area contributed by atoms with Crippen LogP contribution >= 0.6 is 0 Å². The van der Waals surface area contributed by atoms with Crippen LogP contribution in [0.5, 0.6) is 5.75 Å². The van der Waals surface area contributed by atoms with Gasteiger partial charge in [0.05, 0.1) is 17.9 Å². The van der Waals surface area contributed by atoms with E-state index in [4.69, 9.17) is 0 Å². The molecule has 1 aliphatic rings. The first-order chi connectivity index (χ1) is 8.78. The molecule has 2 aromatic rings. The van der Waals surface area contributed by atoms with Crippen molar-refractivity contribution >= 4 is 5.52 Å². The summed E-state index contributed by atoms with van der Waals surface area (Å²) < 4.78 is 2.03. The Kier molecular flexibility index (Phi) is 2.96. The quantitative estimate of drug-likeness (QED) is 0.882. The van der Waals surface area contributed by atoms with Gasteiger partial charge in [0.1, 0.15) is 11.6 Å². The van der Waals surface area contributed by atoms with E-state index in [1.165, 1.54) is 19.4 Å². The van der Waals surface area contributed by atoms with E-state index >= 15 is 0 Å². The maximum atomic E-state index is 9.61. The molecule has 0 amide bonds. The van der Waals surface area contributed by atoms with Gasteiger partial charge in [-0.3, -0.25) is 4.40 Å². The molecule has 0 spiro atoms. The van der Waals surface area contributed by atoms with E-state index in [9.17, 15) is 5.11 Å². The van der Waals surface area contributed by atoms with Crippen LogP contribution in [0.3, 0.4) is 0 Å². The van der Waals surface area contributed by atoms with Gasteiger partial charge in [0, 0.05) is 12.5 Å². The fourth-order valence-corrected chi connectivity index (χ4v) is 2.85. The van der Waals surface area contributed by atoms with E-state index in [0.29, 0.717) is 11.7 Å². The average Bonchev–Trinajstić information content (AvgIpc) is 2.81.